The van der Waals surface area contributed by atoms with Crippen LogP contribution in [-0.2, 0) is 13.0 Å². The maximum absolute atomic E-state index is 13.4. The topological polar surface area (TPSA) is 82.9 Å². The van der Waals surface area contributed by atoms with E-state index < -0.39 is 29.2 Å². The Hall–Kier alpha value is -2.87. The molecular formula is C22H23ClFN3O4. The molecule has 1 aromatic heterocycles. The number of hydrogen-bond donors (Lipinski definition) is 1. The number of carbonyl (C=O) groups excluding carboxylic acids is 2. The molecule has 0 radical (unpaired) electrons. The lowest BCUT2D eigenvalue weighted by molar-refractivity contribution is 0.0685. The summed E-state index contributed by atoms with van der Waals surface area (Å²) in [5.74, 6) is -2.07. The molecule has 0 saturated carbocycles. The summed E-state index contributed by atoms with van der Waals surface area (Å²) in [5.41, 5.74) is 0.342. The van der Waals surface area contributed by atoms with Crippen molar-refractivity contribution < 1.29 is 19.1 Å². The molecular weight excluding hydrogens is 425 g/mol. The van der Waals surface area contributed by atoms with Crippen LogP contribution >= 0.6 is 11.6 Å². The Morgan fingerprint density at radius 3 is 2.61 bits per heavy atom. The standard InChI is InChI=1S/C22H23ClFN3O4/c1-4-11(2)19-25(3)21(30)17-13-7-8-26(10-12-5-6-15(24)14(23)9-12)20(29)16(13)18(28)22(31)27(17)19/h5-6,9,11,19,28H,4,7-8,10H2,1-3H3. The molecule has 2 aliphatic rings. The van der Waals surface area contributed by atoms with E-state index in [9.17, 15) is 23.9 Å². The number of aromatic hydroxyl groups is 1. The number of nitrogens with zero attached hydrogens (tertiary/aromatic N) is 3. The Kier molecular flexibility index (Phi) is 5.29. The van der Waals surface area contributed by atoms with Gasteiger partial charge in [-0.05, 0) is 36.5 Å². The predicted molar refractivity (Wildman–Crippen MR) is 113 cm³/mol. The van der Waals surface area contributed by atoms with Gasteiger partial charge >= 0.3 is 0 Å². The van der Waals surface area contributed by atoms with Crippen LogP contribution in [0.15, 0.2) is 23.0 Å². The monoisotopic (exact) mass is 447 g/mol. The zero-order chi connectivity index (χ0) is 22.6. The summed E-state index contributed by atoms with van der Waals surface area (Å²) in [6, 6.07) is 4.18. The third-order valence-corrected chi connectivity index (χ3v) is 6.60. The van der Waals surface area contributed by atoms with Gasteiger partial charge in [0.25, 0.3) is 17.4 Å². The minimum atomic E-state index is -0.739. The Morgan fingerprint density at radius 1 is 1.26 bits per heavy atom. The van der Waals surface area contributed by atoms with Crippen LogP contribution in [0.1, 0.15) is 58.4 Å². The minimum Gasteiger partial charge on any atom is -0.502 e. The van der Waals surface area contributed by atoms with Crippen LogP contribution in [0.3, 0.4) is 0 Å². The fourth-order valence-corrected chi connectivity index (χ4v) is 4.71. The van der Waals surface area contributed by atoms with Crippen molar-refractivity contribution in [2.75, 3.05) is 13.6 Å². The van der Waals surface area contributed by atoms with Crippen molar-refractivity contribution in [3.8, 4) is 5.75 Å². The fourth-order valence-electron chi connectivity index (χ4n) is 4.51. The number of pyridine rings is 1. The molecule has 4 rings (SSSR count). The average Bonchev–Trinajstić information content (AvgIpc) is 3.01. The maximum atomic E-state index is 13.4. The summed E-state index contributed by atoms with van der Waals surface area (Å²) >= 11 is 5.84. The molecule has 0 spiro atoms. The zero-order valence-electron chi connectivity index (χ0n) is 17.5. The summed E-state index contributed by atoms with van der Waals surface area (Å²) in [5, 5.41) is 10.7. The molecule has 0 aliphatic carbocycles. The predicted octanol–water partition coefficient (Wildman–Crippen LogP) is 3.18. The van der Waals surface area contributed by atoms with Crippen LogP contribution < -0.4 is 5.56 Å². The van der Waals surface area contributed by atoms with Gasteiger partial charge in [0.2, 0.25) is 0 Å². The van der Waals surface area contributed by atoms with Crippen molar-refractivity contribution in [3.63, 3.8) is 0 Å². The first-order chi connectivity index (χ1) is 14.7. The van der Waals surface area contributed by atoms with E-state index in [0.717, 1.165) is 6.42 Å². The number of amides is 2. The molecule has 31 heavy (non-hydrogen) atoms. The summed E-state index contributed by atoms with van der Waals surface area (Å²) in [6.45, 7) is 4.33. The van der Waals surface area contributed by atoms with Crippen LogP contribution in [0, 0.1) is 11.7 Å². The van der Waals surface area contributed by atoms with Gasteiger partial charge in [0.1, 0.15) is 17.7 Å². The second-order valence-electron chi connectivity index (χ2n) is 8.17. The van der Waals surface area contributed by atoms with Gasteiger partial charge in [-0.3, -0.25) is 19.0 Å². The van der Waals surface area contributed by atoms with E-state index in [1.807, 2.05) is 13.8 Å². The Balaban J connectivity index is 1.78. The van der Waals surface area contributed by atoms with Gasteiger partial charge in [-0.25, -0.2) is 4.39 Å². The van der Waals surface area contributed by atoms with Crippen LogP contribution in [-0.4, -0.2) is 44.9 Å². The Labute approximate surface area is 183 Å². The highest BCUT2D eigenvalue weighted by atomic mass is 35.5. The summed E-state index contributed by atoms with van der Waals surface area (Å²) in [4.78, 5) is 42.2. The molecule has 2 atom stereocenters. The van der Waals surface area contributed by atoms with E-state index in [1.165, 1.54) is 32.6 Å². The number of aromatic nitrogens is 1. The molecule has 0 bridgehead atoms. The van der Waals surface area contributed by atoms with Gasteiger partial charge in [-0.1, -0.05) is 31.5 Å². The molecule has 0 fully saturated rings. The first kappa shape index (κ1) is 21.4. The zero-order valence-corrected chi connectivity index (χ0v) is 18.2. The summed E-state index contributed by atoms with van der Waals surface area (Å²) in [7, 11) is 1.63. The van der Waals surface area contributed by atoms with Gasteiger partial charge in [0.15, 0.2) is 5.75 Å². The summed E-state index contributed by atoms with van der Waals surface area (Å²) in [6.07, 6.45) is 0.538. The molecule has 1 aromatic carbocycles. The molecule has 9 heteroatoms. The molecule has 2 unspecified atom stereocenters. The van der Waals surface area contributed by atoms with Crippen LogP contribution in [0.25, 0.3) is 0 Å². The normalized spacial score (nSPS) is 18.9. The van der Waals surface area contributed by atoms with Crippen molar-refractivity contribution in [3.05, 3.63) is 61.8 Å². The number of rotatable bonds is 4. The first-order valence-corrected chi connectivity index (χ1v) is 10.6. The smallest absolute Gasteiger partial charge is 0.295 e. The van der Waals surface area contributed by atoms with Gasteiger partial charge < -0.3 is 14.9 Å². The Morgan fingerprint density at radius 2 is 1.97 bits per heavy atom. The van der Waals surface area contributed by atoms with Crippen molar-refractivity contribution in [1.29, 1.82) is 0 Å². The van der Waals surface area contributed by atoms with Gasteiger partial charge in [0, 0.05) is 25.7 Å². The fraction of sp³-hybridized carbons (Fsp3) is 0.409. The molecule has 2 aliphatic heterocycles. The second kappa shape index (κ2) is 7.67. The average molecular weight is 448 g/mol. The van der Waals surface area contributed by atoms with Crippen molar-refractivity contribution >= 4 is 23.4 Å². The Bertz CT molecular complexity index is 1160. The van der Waals surface area contributed by atoms with Crippen LogP contribution in [0.2, 0.25) is 5.02 Å². The van der Waals surface area contributed by atoms with Gasteiger partial charge in [-0.2, -0.15) is 0 Å². The van der Waals surface area contributed by atoms with Crippen molar-refractivity contribution in [2.24, 2.45) is 5.92 Å². The lowest BCUT2D eigenvalue weighted by atomic mass is 9.95. The van der Waals surface area contributed by atoms with E-state index >= 15 is 0 Å². The lowest BCUT2D eigenvalue weighted by Crippen LogP contribution is -2.40. The van der Waals surface area contributed by atoms with E-state index in [-0.39, 0.29) is 41.2 Å². The minimum absolute atomic E-state index is 0.00985. The molecule has 164 valence electrons. The van der Waals surface area contributed by atoms with E-state index in [0.29, 0.717) is 17.5 Å². The second-order valence-corrected chi connectivity index (χ2v) is 8.57. The molecule has 2 aromatic rings. The van der Waals surface area contributed by atoms with Crippen molar-refractivity contribution in [2.45, 2.75) is 39.4 Å². The van der Waals surface area contributed by atoms with Gasteiger partial charge in [0.05, 0.1) is 10.6 Å². The molecule has 1 N–H and O–H groups in total. The van der Waals surface area contributed by atoms with E-state index in [2.05, 4.69) is 0 Å². The number of halogens is 2. The van der Waals surface area contributed by atoms with Crippen molar-refractivity contribution in [1.82, 2.24) is 14.4 Å². The van der Waals surface area contributed by atoms with E-state index in [1.54, 1.807) is 7.05 Å². The summed E-state index contributed by atoms with van der Waals surface area (Å²) < 4.78 is 14.8. The molecule has 2 amide bonds. The van der Waals surface area contributed by atoms with Crippen LogP contribution in [0.4, 0.5) is 4.39 Å². The van der Waals surface area contributed by atoms with Gasteiger partial charge in [-0.15, -0.1) is 0 Å². The molecule has 0 saturated heterocycles. The highest BCUT2D eigenvalue weighted by Gasteiger charge is 2.44. The number of carbonyl (C=O) groups is 2. The molecule has 3 heterocycles. The third kappa shape index (κ3) is 3.20. The van der Waals surface area contributed by atoms with E-state index in [4.69, 9.17) is 11.6 Å². The number of hydrogen-bond acceptors (Lipinski definition) is 4. The lowest BCUT2D eigenvalue weighted by Gasteiger charge is -2.30. The first-order valence-electron chi connectivity index (χ1n) is 10.2. The number of fused-ring (bicyclic) bond motifs is 3. The SMILES string of the molecule is CCC(C)C1N(C)C(=O)c2c3c(c(O)c(=O)n21)C(=O)N(Cc1ccc(F)c(Cl)c1)CC3. The highest BCUT2D eigenvalue weighted by molar-refractivity contribution is 6.30. The molecule has 7 nitrogen and oxygen atoms in total. The van der Waals surface area contributed by atoms with Crippen LogP contribution in [0.5, 0.6) is 5.75 Å². The quantitative estimate of drug-likeness (QED) is 0.780. The largest absolute Gasteiger partial charge is 0.502 e. The number of benzene rings is 1. The third-order valence-electron chi connectivity index (χ3n) is 6.31. The highest BCUT2D eigenvalue weighted by Crippen LogP contribution is 2.37. The maximum Gasteiger partial charge on any atom is 0.295 e.